The third-order valence-corrected chi connectivity index (χ3v) is 18.8. The van der Waals surface area contributed by atoms with Gasteiger partial charge in [0.1, 0.15) is 0 Å². The van der Waals surface area contributed by atoms with Gasteiger partial charge in [0.05, 0.1) is 16.4 Å². The lowest BCUT2D eigenvalue weighted by atomic mass is 9.70. The summed E-state index contributed by atoms with van der Waals surface area (Å²) in [5, 5.41) is 4.63. The molecule has 1 spiro atoms. The van der Waals surface area contributed by atoms with E-state index in [9.17, 15) is 0 Å². The molecule has 18 rings (SSSR count). The van der Waals surface area contributed by atoms with Crippen molar-refractivity contribution < 1.29 is 0 Å². The topological polar surface area (TPSA) is 43.6 Å². The summed E-state index contributed by atoms with van der Waals surface area (Å²) in [6.07, 6.45) is 0. The molecule has 0 bridgehead atoms. The number of aromatic nitrogens is 4. The summed E-state index contributed by atoms with van der Waals surface area (Å²) in [6.45, 7) is 0. The van der Waals surface area contributed by atoms with Crippen molar-refractivity contribution in [2.24, 2.45) is 0 Å². The Morgan fingerprint density at radius 3 is 1.23 bits per heavy atom. The van der Waals surface area contributed by atoms with Crippen LogP contribution in [0.15, 0.2) is 328 Å². The molecular weight excluding hydrogens is 1090 g/mol. The van der Waals surface area contributed by atoms with Gasteiger partial charge < -0.3 is 4.57 Å². The third kappa shape index (κ3) is 8.19. The molecule has 0 radical (unpaired) electrons. The summed E-state index contributed by atoms with van der Waals surface area (Å²) in [4.78, 5) is 16.2. The van der Waals surface area contributed by atoms with E-state index >= 15 is 0 Å². The van der Waals surface area contributed by atoms with Crippen molar-refractivity contribution >= 4 is 32.6 Å². The average Bonchev–Trinajstić information content (AvgIpc) is 1.52. The summed E-state index contributed by atoms with van der Waals surface area (Å²) >= 11 is 0. The normalized spacial score (nSPS) is 12.5. The zero-order valence-electron chi connectivity index (χ0n) is 49.0. The molecule has 0 atom stereocenters. The molecule has 0 N–H and O–H groups in total. The molecule has 0 saturated carbocycles. The summed E-state index contributed by atoms with van der Waals surface area (Å²) in [6, 6.07) is 119. The summed E-state index contributed by atoms with van der Waals surface area (Å²) in [5.41, 5.74) is 27.4. The maximum Gasteiger partial charge on any atom is 0.164 e. The van der Waals surface area contributed by atoms with Crippen molar-refractivity contribution in [3.05, 3.63) is 350 Å². The number of rotatable bonds is 9. The van der Waals surface area contributed by atoms with Gasteiger partial charge >= 0.3 is 0 Å². The molecule has 4 heteroatoms. The Kier molecular flexibility index (Phi) is 11.8. The van der Waals surface area contributed by atoms with Gasteiger partial charge in [-0.05, 0) is 178 Å². The van der Waals surface area contributed by atoms with Gasteiger partial charge in [0, 0.05) is 33.2 Å². The van der Waals surface area contributed by atoms with Crippen LogP contribution in [-0.4, -0.2) is 19.5 Å². The molecule has 0 amide bonds. The number of hydrogen-bond donors (Lipinski definition) is 0. The SMILES string of the molecule is c1ccc(-c2cc(-c3ccccc3)cc(-c3cccc(-c4nc(-c5cccc(-c6cccc7c6c6cc(-c8ccccc8)ccc6n7-c6ccc7c(c6)C6(c8ccccc8-c8ccccc86)c6ccccc6-7)c5)nc(-c5ccc6ccccc6c5)n4)c3)c2)cc1. The Bertz CT molecular complexity index is 5430. The van der Waals surface area contributed by atoms with Gasteiger partial charge in [-0.2, -0.15) is 0 Å². The highest BCUT2D eigenvalue weighted by Gasteiger charge is 2.51. The monoisotopic (exact) mass is 1140 g/mol. The van der Waals surface area contributed by atoms with E-state index in [1.54, 1.807) is 0 Å². The average molecular weight is 1140 g/mol. The zero-order valence-corrected chi connectivity index (χ0v) is 49.0. The first-order chi connectivity index (χ1) is 44.6. The zero-order chi connectivity index (χ0) is 59.3. The fraction of sp³-hybridized carbons (Fsp3) is 0.0116. The van der Waals surface area contributed by atoms with Gasteiger partial charge in [0.2, 0.25) is 0 Å². The summed E-state index contributed by atoms with van der Waals surface area (Å²) in [5.74, 6) is 1.80. The second kappa shape index (κ2) is 20.7. The molecule has 0 saturated heterocycles. The number of fused-ring (bicyclic) bond motifs is 14. The Morgan fingerprint density at radius 1 is 0.222 bits per heavy atom. The minimum absolute atomic E-state index is 0.479. The first-order valence-corrected chi connectivity index (χ1v) is 30.9. The van der Waals surface area contributed by atoms with Gasteiger partial charge in [0.15, 0.2) is 17.5 Å². The van der Waals surface area contributed by atoms with E-state index in [1.807, 2.05) is 0 Å². The van der Waals surface area contributed by atoms with Gasteiger partial charge in [-0.3, -0.25) is 0 Å². The lowest BCUT2D eigenvalue weighted by Crippen LogP contribution is -2.26. The van der Waals surface area contributed by atoms with Crippen LogP contribution >= 0.6 is 0 Å². The second-order valence-corrected chi connectivity index (χ2v) is 23.8. The van der Waals surface area contributed by atoms with Crippen molar-refractivity contribution in [2.75, 3.05) is 0 Å². The number of hydrogen-bond acceptors (Lipinski definition) is 3. The van der Waals surface area contributed by atoms with E-state index in [0.717, 1.165) is 94.3 Å². The van der Waals surface area contributed by atoms with Crippen LogP contribution in [0.5, 0.6) is 0 Å². The highest BCUT2D eigenvalue weighted by Crippen LogP contribution is 2.63. The van der Waals surface area contributed by atoms with Crippen molar-refractivity contribution in [2.45, 2.75) is 5.41 Å². The van der Waals surface area contributed by atoms with Gasteiger partial charge in [-0.15, -0.1) is 0 Å². The first-order valence-electron chi connectivity index (χ1n) is 30.9. The first kappa shape index (κ1) is 51.4. The Morgan fingerprint density at radius 2 is 0.633 bits per heavy atom. The molecule has 2 aliphatic carbocycles. The van der Waals surface area contributed by atoms with Gasteiger partial charge in [-0.1, -0.05) is 261 Å². The molecule has 2 aromatic heterocycles. The quantitative estimate of drug-likeness (QED) is 0.145. The molecule has 16 aromatic rings. The highest BCUT2D eigenvalue weighted by molar-refractivity contribution is 6.17. The predicted molar refractivity (Wildman–Crippen MR) is 371 cm³/mol. The van der Waals surface area contributed by atoms with Crippen LogP contribution in [0.3, 0.4) is 0 Å². The molecule has 0 aliphatic heterocycles. The second-order valence-electron chi connectivity index (χ2n) is 23.8. The van der Waals surface area contributed by atoms with E-state index in [0.29, 0.717) is 17.5 Å². The van der Waals surface area contributed by atoms with Crippen LogP contribution < -0.4 is 0 Å². The molecule has 90 heavy (non-hydrogen) atoms. The van der Waals surface area contributed by atoms with Crippen LogP contribution in [-0.2, 0) is 5.41 Å². The smallest absolute Gasteiger partial charge is 0.164 e. The van der Waals surface area contributed by atoms with E-state index in [-0.39, 0.29) is 0 Å². The van der Waals surface area contributed by atoms with Gasteiger partial charge in [0.25, 0.3) is 0 Å². The molecule has 2 heterocycles. The van der Waals surface area contributed by atoms with Gasteiger partial charge in [-0.25, -0.2) is 15.0 Å². The lowest BCUT2D eigenvalue weighted by molar-refractivity contribution is 0.792. The molecule has 0 fully saturated rings. The molecular formula is C86H54N4. The number of benzene rings is 14. The molecule has 418 valence electrons. The largest absolute Gasteiger partial charge is 0.309 e. The Hall–Kier alpha value is -11.9. The summed E-state index contributed by atoms with van der Waals surface area (Å²) in [7, 11) is 0. The van der Waals surface area contributed by atoms with Crippen LogP contribution in [0.4, 0.5) is 0 Å². The van der Waals surface area contributed by atoms with E-state index in [2.05, 4.69) is 332 Å². The summed E-state index contributed by atoms with van der Waals surface area (Å²) < 4.78 is 2.50. The fourth-order valence-corrected chi connectivity index (χ4v) is 14.8. The molecule has 2 aliphatic rings. The van der Waals surface area contributed by atoms with Crippen molar-refractivity contribution in [3.8, 4) is 118 Å². The molecule has 0 unspecified atom stereocenters. The fourth-order valence-electron chi connectivity index (χ4n) is 14.8. The predicted octanol–water partition coefficient (Wildman–Crippen LogP) is 21.8. The standard InChI is InChI=1S/C86H54N4/c1-4-21-55(22-5-1)61-43-46-80-75(53-61)82-70(36-20-40-81(82)90(80)69-44-45-74-73-35-14-17-39-78(73)86(79(74)54-69)76-37-15-12-33-71(76)72-34-13-16-38-77(72)86)62-30-19-32-64(49-62)84-87-83(88-85(89-84)65-42-41-58-27-10-11-28-59(58)47-65)63-31-18-29-60(48-63)68-51-66(56-23-6-2-7-24-56)50-67(52-68)57-25-8-3-9-26-57/h1-54H. The van der Waals surface area contributed by atoms with Crippen LogP contribution in [0.2, 0.25) is 0 Å². The van der Waals surface area contributed by atoms with Crippen LogP contribution in [0.25, 0.3) is 150 Å². The Labute approximate surface area is 522 Å². The molecule has 4 nitrogen and oxygen atoms in total. The minimum atomic E-state index is -0.479. The van der Waals surface area contributed by atoms with Crippen LogP contribution in [0.1, 0.15) is 22.3 Å². The van der Waals surface area contributed by atoms with Crippen molar-refractivity contribution in [3.63, 3.8) is 0 Å². The van der Waals surface area contributed by atoms with Crippen molar-refractivity contribution in [1.82, 2.24) is 19.5 Å². The van der Waals surface area contributed by atoms with E-state index in [4.69, 9.17) is 15.0 Å². The Balaban J connectivity index is 0.810. The van der Waals surface area contributed by atoms with E-state index < -0.39 is 5.41 Å². The van der Waals surface area contributed by atoms with Crippen molar-refractivity contribution in [1.29, 1.82) is 0 Å². The highest BCUT2D eigenvalue weighted by atomic mass is 15.0. The van der Waals surface area contributed by atoms with Crippen LogP contribution in [0, 0.1) is 0 Å². The van der Waals surface area contributed by atoms with E-state index in [1.165, 1.54) is 60.8 Å². The maximum absolute atomic E-state index is 5.44. The maximum atomic E-state index is 5.44. The lowest BCUT2D eigenvalue weighted by Gasteiger charge is -2.30. The third-order valence-electron chi connectivity index (χ3n) is 18.8. The molecule has 14 aromatic carbocycles. The number of nitrogens with zero attached hydrogens (tertiary/aromatic N) is 4. The minimum Gasteiger partial charge on any atom is -0.309 e.